The lowest BCUT2D eigenvalue weighted by atomic mass is 9.95. The van der Waals surface area contributed by atoms with Crippen molar-refractivity contribution in [2.45, 2.75) is 33.2 Å². The summed E-state index contributed by atoms with van der Waals surface area (Å²) >= 11 is 0. The summed E-state index contributed by atoms with van der Waals surface area (Å²) in [6.07, 6.45) is 1.41. The van der Waals surface area contributed by atoms with Crippen LogP contribution in [0, 0.1) is 12.8 Å². The highest BCUT2D eigenvalue weighted by Gasteiger charge is 2.27. The maximum atomic E-state index is 13.0. The number of aromatic hydroxyl groups is 1. The summed E-state index contributed by atoms with van der Waals surface area (Å²) in [4.78, 5) is 27.2. The number of nitrogens with zero attached hydrogens (tertiary/aromatic N) is 1. The number of benzene rings is 2. The van der Waals surface area contributed by atoms with E-state index in [2.05, 4.69) is 4.90 Å². The smallest absolute Gasteiger partial charge is 0.344 e. The molecule has 1 N–H and O–H groups in total. The molecular weight excluding hydrogens is 422 g/mol. The highest BCUT2D eigenvalue weighted by molar-refractivity contribution is 5.90. The molecule has 0 atom stereocenters. The molecule has 1 aliphatic heterocycles. The number of esters is 1. The average molecular weight is 452 g/mol. The van der Waals surface area contributed by atoms with Crippen LogP contribution in [0.1, 0.15) is 30.9 Å². The second-order valence-electron chi connectivity index (χ2n) is 8.36. The molecule has 2 heterocycles. The number of hydrogen-bond acceptors (Lipinski definition) is 7. The third-order valence-electron chi connectivity index (χ3n) is 6.38. The molecule has 0 aliphatic carbocycles. The van der Waals surface area contributed by atoms with Crippen LogP contribution in [-0.4, -0.2) is 42.8 Å². The predicted octanol–water partition coefficient (Wildman–Crippen LogP) is 4.26. The Balaban J connectivity index is 1.64. The van der Waals surface area contributed by atoms with Gasteiger partial charge in [-0.05, 0) is 75.2 Å². The van der Waals surface area contributed by atoms with Gasteiger partial charge in [-0.2, -0.15) is 0 Å². The van der Waals surface area contributed by atoms with Crippen LogP contribution in [-0.2, 0) is 16.1 Å². The summed E-state index contributed by atoms with van der Waals surface area (Å²) in [7, 11) is 1.60. The number of piperidine rings is 1. The van der Waals surface area contributed by atoms with Gasteiger partial charge in [-0.3, -0.25) is 9.69 Å². The zero-order chi connectivity index (χ0) is 23.5. The molecule has 174 valence electrons. The van der Waals surface area contributed by atoms with Crippen molar-refractivity contribution in [1.29, 1.82) is 0 Å². The van der Waals surface area contributed by atoms with Gasteiger partial charge >= 0.3 is 11.6 Å². The minimum atomic E-state index is -0.446. The molecule has 0 spiro atoms. The third kappa shape index (κ3) is 4.59. The molecular formula is C26H29NO6. The van der Waals surface area contributed by atoms with Crippen molar-refractivity contribution in [3.05, 3.63) is 57.9 Å². The molecule has 33 heavy (non-hydrogen) atoms. The molecule has 7 nitrogen and oxygen atoms in total. The standard InChI is InChI=1S/C26H29NO6/c1-4-32-25(29)18-11-13-27(14-12-18)15-21-22(28)10-9-20-16(2)23(26(30)33-24(20)21)17-5-7-19(31-3)8-6-17/h5-10,18,28H,4,11-15H2,1-3H3. The first kappa shape index (κ1) is 22.9. The fraction of sp³-hybridized carbons (Fsp3) is 0.385. The second-order valence-corrected chi connectivity index (χ2v) is 8.36. The molecule has 1 aromatic heterocycles. The van der Waals surface area contributed by atoms with Gasteiger partial charge in [-0.25, -0.2) is 4.79 Å². The maximum absolute atomic E-state index is 13.0. The van der Waals surface area contributed by atoms with Crippen LogP contribution in [0.5, 0.6) is 11.5 Å². The van der Waals surface area contributed by atoms with Crippen molar-refractivity contribution in [3.8, 4) is 22.6 Å². The quantitative estimate of drug-likeness (QED) is 0.442. The molecule has 1 saturated heterocycles. The van der Waals surface area contributed by atoms with Gasteiger partial charge in [0.25, 0.3) is 0 Å². The Morgan fingerprint density at radius 1 is 1.15 bits per heavy atom. The second kappa shape index (κ2) is 9.67. The van der Waals surface area contributed by atoms with Gasteiger partial charge in [0.2, 0.25) is 0 Å². The number of carbonyl (C=O) groups is 1. The van der Waals surface area contributed by atoms with E-state index < -0.39 is 5.63 Å². The number of rotatable bonds is 6. The Morgan fingerprint density at radius 3 is 2.48 bits per heavy atom. The van der Waals surface area contributed by atoms with Crippen LogP contribution >= 0.6 is 0 Å². The molecule has 0 radical (unpaired) electrons. The van der Waals surface area contributed by atoms with Crippen LogP contribution < -0.4 is 10.4 Å². The van der Waals surface area contributed by atoms with Crippen molar-refractivity contribution < 1.29 is 23.8 Å². The lowest BCUT2D eigenvalue weighted by molar-refractivity contribution is -0.149. The first-order chi connectivity index (χ1) is 15.9. The van der Waals surface area contributed by atoms with E-state index in [1.807, 2.05) is 26.0 Å². The number of likely N-dealkylation sites (tertiary alicyclic amines) is 1. The van der Waals surface area contributed by atoms with Crippen LogP contribution in [0.2, 0.25) is 0 Å². The van der Waals surface area contributed by atoms with E-state index >= 15 is 0 Å². The zero-order valence-electron chi connectivity index (χ0n) is 19.2. The Labute approximate surface area is 192 Å². The monoisotopic (exact) mass is 451 g/mol. The molecule has 0 amide bonds. The largest absolute Gasteiger partial charge is 0.507 e. The number of aryl methyl sites for hydroxylation is 1. The Morgan fingerprint density at radius 2 is 1.85 bits per heavy atom. The van der Waals surface area contributed by atoms with Crippen LogP contribution in [0.4, 0.5) is 0 Å². The molecule has 0 unspecified atom stereocenters. The van der Waals surface area contributed by atoms with Gasteiger partial charge in [0.1, 0.15) is 17.1 Å². The van der Waals surface area contributed by atoms with Crippen molar-refractivity contribution in [3.63, 3.8) is 0 Å². The number of ether oxygens (including phenoxy) is 2. The van der Waals surface area contributed by atoms with Gasteiger partial charge in [-0.15, -0.1) is 0 Å². The average Bonchev–Trinajstić information content (AvgIpc) is 2.82. The van der Waals surface area contributed by atoms with E-state index in [0.29, 0.717) is 61.5 Å². The minimum absolute atomic E-state index is 0.0884. The van der Waals surface area contributed by atoms with Crippen LogP contribution in [0.25, 0.3) is 22.1 Å². The highest BCUT2D eigenvalue weighted by Crippen LogP contribution is 2.34. The number of hydrogen-bond donors (Lipinski definition) is 1. The molecule has 0 saturated carbocycles. The maximum Gasteiger partial charge on any atom is 0.344 e. The first-order valence-electron chi connectivity index (χ1n) is 11.2. The van der Waals surface area contributed by atoms with Crippen molar-refractivity contribution in [2.24, 2.45) is 5.92 Å². The van der Waals surface area contributed by atoms with Crippen molar-refractivity contribution in [2.75, 3.05) is 26.8 Å². The topological polar surface area (TPSA) is 89.2 Å². The minimum Gasteiger partial charge on any atom is -0.507 e. The molecule has 7 heteroatoms. The van der Waals surface area contributed by atoms with E-state index in [4.69, 9.17) is 13.9 Å². The van der Waals surface area contributed by atoms with Crippen molar-refractivity contribution in [1.82, 2.24) is 4.90 Å². The summed E-state index contributed by atoms with van der Waals surface area (Å²) in [5.41, 5.74) is 2.59. The molecule has 0 bridgehead atoms. The Kier molecular flexibility index (Phi) is 6.70. The summed E-state index contributed by atoms with van der Waals surface area (Å²) in [6.45, 7) is 5.93. The molecule has 3 aromatic rings. The number of fused-ring (bicyclic) bond motifs is 1. The number of phenolic OH excluding ortho intramolecular Hbond substituents is 1. The number of carbonyl (C=O) groups excluding carboxylic acids is 1. The molecule has 1 fully saturated rings. The van der Waals surface area contributed by atoms with Gasteiger partial charge in [0.05, 0.1) is 30.8 Å². The first-order valence-corrected chi connectivity index (χ1v) is 11.2. The lowest BCUT2D eigenvalue weighted by Crippen LogP contribution is -2.36. The van der Waals surface area contributed by atoms with Gasteiger partial charge in [0, 0.05) is 11.9 Å². The SMILES string of the molecule is CCOC(=O)C1CCN(Cc2c(O)ccc3c(C)c(-c4ccc(OC)cc4)c(=O)oc23)CC1. The normalized spacial score (nSPS) is 15.0. The summed E-state index contributed by atoms with van der Waals surface area (Å²) in [6, 6.07) is 10.7. The van der Waals surface area contributed by atoms with Gasteiger partial charge < -0.3 is 19.0 Å². The zero-order valence-corrected chi connectivity index (χ0v) is 19.2. The third-order valence-corrected chi connectivity index (χ3v) is 6.38. The van der Waals surface area contributed by atoms with E-state index in [1.54, 1.807) is 31.4 Å². The lowest BCUT2D eigenvalue weighted by Gasteiger charge is -2.31. The Hall–Kier alpha value is -3.32. The van der Waals surface area contributed by atoms with E-state index in [9.17, 15) is 14.7 Å². The van der Waals surface area contributed by atoms with Crippen LogP contribution in [0.15, 0.2) is 45.6 Å². The van der Waals surface area contributed by atoms with E-state index in [1.165, 1.54) is 0 Å². The van der Waals surface area contributed by atoms with E-state index in [-0.39, 0.29) is 17.6 Å². The molecule has 4 rings (SSSR count). The molecule has 2 aromatic carbocycles. The fourth-order valence-electron chi connectivity index (χ4n) is 4.52. The summed E-state index contributed by atoms with van der Waals surface area (Å²) in [5.74, 6) is 0.572. The van der Waals surface area contributed by atoms with Gasteiger partial charge in [-0.1, -0.05) is 12.1 Å². The van der Waals surface area contributed by atoms with Crippen molar-refractivity contribution >= 4 is 16.9 Å². The van der Waals surface area contributed by atoms with Gasteiger partial charge in [0.15, 0.2) is 0 Å². The summed E-state index contributed by atoms with van der Waals surface area (Å²) in [5, 5.41) is 11.4. The number of methoxy groups -OCH3 is 1. The predicted molar refractivity (Wildman–Crippen MR) is 126 cm³/mol. The number of phenols is 1. The van der Waals surface area contributed by atoms with Crippen LogP contribution in [0.3, 0.4) is 0 Å². The summed E-state index contributed by atoms with van der Waals surface area (Å²) < 4.78 is 16.1. The Bertz CT molecular complexity index is 1210. The van der Waals surface area contributed by atoms with E-state index in [0.717, 1.165) is 16.5 Å². The fourth-order valence-corrected chi connectivity index (χ4v) is 4.52. The highest BCUT2D eigenvalue weighted by atomic mass is 16.5. The molecule has 1 aliphatic rings.